The van der Waals surface area contributed by atoms with E-state index in [2.05, 4.69) is 10.2 Å². The lowest BCUT2D eigenvalue weighted by molar-refractivity contribution is -0.137. The van der Waals surface area contributed by atoms with Crippen molar-refractivity contribution in [2.75, 3.05) is 26.2 Å². The highest BCUT2D eigenvalue weighted by atomic mass is 35.5. The molecule has 0 spiro atoms. The minimum absolute atomic E-state index is 0. The van der Waals surface area contributed by atoms with E-state index in [0.29, 0.717) is 4.34 Å². The third-order valence-electron chi connectivity index (χ3n) is 3.93. The summed E-state index contributed by atoms with van der Waals surface area (Å²) in [6.07, 6.45) is -4.31. The summed E-state index contributed by atoms with van der Waals surface area (Å²) in [5.41, 5.74) is 0.239. The maximum absolute atomic E-state index is 12.8. The molecule has 1 fully saturated rings. The second kappa shape index (κ2) is 8.06. The van der Waals surface area contributed by atoms with Gasteiger partial charge in [0.1, 0.15) is 0 Å². The molecule has 2 nitrogen and oxygen atoms in total. The first-order chi connectivity index (χ1) is 10.9. The molecule has 1 aromatic heterocycles. The molecule has 0 aliphatic carbocycles. The number of benzene rings is 1. The van der Waals surface area contributed by atoms with Gasteiger partial charge in [0.15, 0.2) is 0 Å². The Morgan fingerprint density at radius 3 is 2.17 bits per heavy atom. The third kappa shape index (κ3) is 4.43. The number of thiophene rings is 1. The maximum Gasteiger partial charge on any atom is 0.416 e. The number of piperazine rings is 1. The smallest absolute Gasteiger partial charge is 0.314 e. The monoisotopic (exact) mass is 396 g/mol. The van der Waals surface area contributed by atoms with E-state index in [-0.39, 0.29) is 18.4 Å². The molecule has 1 saturated heterocycles. The van der Waals surface area contributed by atoms with Gasteiger partial charge in [-0.25, -0.2) is 0 Å². The van der Waals surface area contributed by atoms with E-state index in [1.54, 1.807) is 12.1 Å². The molecule has 2 heterocycles. The van der Waals surface area contributed by atoms with Gasteiger partial charge >= 0.3 is 6.18 Å². The predicted molar refractivity (Wildman–Crippen MR) is 94.3 cm³/mol. The van der Waals surface area contributed by atoms with Crippen molar-refractivity contribution >= 4 is 35.3 Å². The maximum atomic E-state index is 12.8. The zero-order chi connectivity index (χ0) is 16.4. The van der Waals surface area contributed by atoms with Crippen molar-refractivity contribution in [2.45, 2.75) is 12.2 Å². The fourth-order valence-electron chi connectivity index (χ4n) is 2.82. The standard InChI is InChI=1S/C16H16ClF3N2S.ClH/c17-14-6-5-13(23-14)15(22-9-7-21-8-10-22)11-1-3-12(4-2-11)16(18,19)20;/h1-6,15,21H,7-10H2;1H/t15-;/m1./s1. The summed E-state index contributed by atoms with van der Waals surface area (Å²) in [7, 11) is 0. The van der Waals surface area contributed by atoms with E-state index < -0.39 is 11.7 Å². The first-order valence-electron chi connectivity index (χ1n) is 7.32. The Hall–Kier alpha value is -0.790. The summed E-state index contributed by atoms with van der Waals surface area (Å²) in [5.74, 6) is 0. The SMILES string of the molecule is Cl.FC(F)(F)c1ccc([C@H](c2ccc(Cl)s2)N2CCNCC2)cc1. The number of rotatable bonds is 3. The van der Waals surface area contributed by atoms with Crippen molar-refractivity contribution in [1.82, 2.24) is 10.2 Å². The van der Waals surface area contributed by atoms with Crippen LogP contribution in [0.25, 0.3) is 0 Å². The molecule has 24 heavy (non-hydrogen) atoms. The Morgan fingerprint density at radius 2 is 1.67 bits per heavy atom. The van der Waals surface area contributed by atoms with Crippen LogP contribution in [0.1, 0.15) is 22.0 Å². The number of halogens is 5. The number of nitrogens with one attached hydrogen (secondary N) is 1. The minimum atomic E-state index is -4.31. The van der Waals surface area contributed by atoms with Gasteiger partial charge in [0.05, 0.1) is 15.9 Å². The molecule has 0 radical (unpaired) electrons. The van der Waals surface area contributed by atoms with E-state index in [1.165, 1.54) is 11.3 Å². The largest absolute Gasteiger partial charge is 0.416 e. The fourth-order valence-corrected chi connectivity index (χ4v) is 4.05. The van der Waals surface area contributed by atoms with E-state index in [0.717, 1.165) is 48.8 Å². The highest BCUT2D eigenvalue weighted by molar-refractivity contribution is 7.16. The molecule has 8 heteroatoms. The molecular formula is C16H17Cl2F3N2S. The predicted octanol–water partition coefficient (Wildman–Crippen LogP) is 4.84. The first kappa shape index (κ1) is 19.5. The average Bonchev–Trinajstić information content (AvgIpc) is 2.94. The van der Waals surface area contributed by atoms with Crippen LogP contribution in [0.4, 0.5) is 13.2 Å². The van der Waals surface area contributed by atoms with Gasteiger partial charge in [-0.05, 0) is 29.8 Å². The number of nitrogens with zero attached hydrogens (tertiary/aromatic N) is 1. The highest BCUT2D eigenvalue weighted by Gasteiger charge is 2.31. The average molecular weight is 397 g/mol. The molecule has 3 rings (SSSR count). The van der Waals surface area contributed by atoms with Gasteiger partial charge in [-0.15, -0.1) is 23.7 Å². The first-order valence-corrected chi connectivity index (χ1v) is 8.52. The van der Waals surface area contributed by atoms with Crippen LogP contribution in [-0.4, -0.2) is 31.1 Å². The van der Waals surface area contributed by atoms with Crippen molar-refractivity contribution in [2.24, 2.45) is 0 Å². The van der Waals surface area contributed by atoms with Crippen LogP contribution in [0.2, 0.25) is 4.34 Å². The van der Waals surface area contributed by atoms with Gasteiger partial charge < -0.3 is 5.32 Å². The highest BCUT2D eigenvalue weighted by Crippen LogP contribution is 2.37. The Labute approximate surface area is 154 Å². The zero-order valence-electron chi connectivity index (χ0n) is 12.6. The molecule has 2 aromatic rings. The molecule has 132 valence electrons. The summed E-state index contributed by atoms with van der Waals surface area (Å²) in [6.45, 7) is 3.44. The number of hydrogen-bond donors (Lipinski definition) is 1. The normalized spacial score (nSPS) is 17.3. The van der Waals surface area contributed by atoms with Crippen molar-refractivity contribution in [1.29, 1.82) is 0 Å². The Morgan fingerprint density at radius 1 is 1.04 bits per heavy atom. The van der Waals surface area contributed by atoms with Crippen LogP contribution in [0.15, 0.2) is 36.4 Å². The van der Waals surface area contributed by atoms with Gasteiger partial charge in [-0.2, -0.15) is 13.2 Å². The van der Waals surface area contributed by atoms with Crippen molar-refractivity contribution < 1.29 is 13.2 Å². The Bertz CT molecular complexity index is 652. The van der Waals surface area contributed by atoms with Gasteiger partial charge in [0, 0.05) is 31.1 Å². The van der Waals surface area contributed by atoms with E-state index in [1.807, 2.05) is 12.1 Å². The van der Waals surface area contributed by atoms with Crippen LogP contribution < -0.4 is 5.32 Å². The van der Waals surface area contributed by atoms with E-state index in [4.69, 9.17) is 11.6 Å². The van der Waals surface area contributed by atoms with Gasteiger partial charge in [0.2, 0.25) is 0 Å². The minimum Gasteiger partial charge on any atom is -0.314 e. The lowest BCUT2D eigenvalue weighted by Gasteiger charge is -2.34. The third-order valence-corrected chi connectivity index (χ3v) is 5.22. The topological polar surface area (TPSA) is 15.3 Å². The fraction of sp³-hybridized carbons (Fsp3) is 0.375. The summed E-state index contributed by atoms with van der Waals surface area (Å²) in [6, 6.07) is 9.18. The van der Waals surface area contributed by atoms with Crippen molar-refractivity contribution in [3.8, 4) is 0 Å². The zero-order valence-corrected chi connectivity index (χ0v) is 15.0. The van der Waals surface area contributed by atoms with Crippen LogP contribution in [0.5, 0.6) is 0 Å². The van der Waals surface area contributed by atoms with Crippen LogP contribution in [0, 0.1) is 0 Å². The summed E-state index contributed by atoms with van der Waals surface area (Å²) >= 11 is 7.53. The number of alkyl halides is 3. The second-order valence-corrected chi connectivity index (χ2v) is 7.20. The summed E-state index contributed by atoms with van der Waals surface area (Å²) in [4.78, 5) is 3.33. The molecule has 1 aliphatic rings. The van der Waals surface area contributed by atoms with E-state index in [9.17, 15) is 13.2 Å². The lowest BCUT2D eigenvalue weighted by atomic mass is 10.0. The molecule has 0 amide bonds. The summed E-state index contributed by atoms with van der Waals surface area (Å²) in [5, 5.41) is 3.29. The molecule has 1 aliphatic heterocycles. The summed E-state index contributed by atoms with van der Waals surface area (Å²) < 4.78 is 39.0. The Balaban J connectivity index is 0.00000208. The number of hydrogen-bond acceptors (Lipinski definition) is 3. The van der Waals surface area contributed by atoms with Crippen molar-refractivity contribution in [3.63, 3.8) is 0 Å². The van der Waals surface area contributed by atoms with Crippen molar-refractivity contribution in [3.05, 3.63) is 56.7 Å². The quantitative estimate of drug-likeness (QED) is 0.798. The molecular weight excluding hydrogens is 380 g/mol. The van der Waals surface area contributed by atoms with E-state index >= 15 is 0 Å². The van der Waals surface area contributed by atoms with Crippen LogP contribution >= 0.6 is 35.3 Å². The molecule has 0 saturated carbocycles. The van der Waals surface area contributed by atoms with Gasteiger partial charge in [-0.3, -0.25) is 4.90 Å². The van der Waals surface area contributed by atoms with Gasteiger partial charge in [0.25, 0.3) is 0 Å². The molecule has 1 aromatic carbocycles. The van der Waals surface area contributed by atoms with Gasteiger partial charge in [-0.1, -0.05) is 23.7 Å². The lowest BCUT2D eigenvalue weighted by Crippen LogP contribution is -2.45. The second-order valence-electron chi connectivity index (χ2n) is 5.45. The molecule has 0 unspecified atom stereocenters. The molecule has 1 atom stereocenters. The molecule has 1 N–H and O–H groups in total. The van der Waals surface area contributed by atoms with Crippen LogP contribution in [-0.2, 0) is 6.18 Å². The Kier molecular flexibility index (Phi) is 6.56. The molecule has 0 bridgehead atoms. The van der Waals surface area contributed by atoms with Crippen LogP contribution in [0.3, 0.4) is 0 Å².